The predicted octanol–water partition coefficient (Wildman–Crippen LogP) is 4.27. The van der Waals surface area contributed by atoms with E-state index < -0.39 is 0 Å². The van der Waals surface area contributed by atoms with Crippen LogP contribution in [0.1, 0.15) is 25.3 Å². The molecular weight excluding hydrogens is 356 g/mol. The molecule has 0 bridgehead atoms. The molecule has 1 aliphatic rings. The maximum absolute atomic E-state index is 12.2. The third-order valence-electron chi connectivity index (χ3n) is 4.48. The molecule has 0 atom stereocenters. The van der Waals surface area contributed by atoms with E-state index in [1.807, 2.05) is 42.5 Å². The molecule has 0 aliphatic carbocycles. The number of rotatable bonds is 5. The summed E-state index contributed by atoms with van der Waals surface area (Å²) in [5, 5.41) is 13.7. The zero-order valence-corrected chi connectivity index (χ0v) is 15.9. The Morgan fingerprint density at radius 2 is 1.81 bits per heavy atom. The van der Waals surface area contributed by atoms with E-state index in [9.17, 15) is 4.79 Å². The topological polar surface area (TPSA) is 58.8 Å². The number of benzene rings is 2. The molecule has 136 valence electrons. The van der Waals surface area contributed by atoms with Crippen molar-refractivity contribution in [3.63, 3.8) is 0 Å². The Labute approximate surface area is 161 Å². The van der Waals surface area contributed by atoms with Crippen LogP contribution in [0.25, 0.3) is 11.3 Å². The van der Waals surface area contributed by atoms with Gasteiger partial charge >= 0.3 is 0 Å². The quantitative estimate of drug-likeness (QED) is 0.664. The summed E-state index contributed by atoms with van der Waals surface area (Å²) >= 11 is 1.54. The average molecular weight is 376 g/mol. The maximum Gasteiger partial charge on any atom is 0.276 e. The van der Waals surface area contributed by atoms with Gasteiger partial charge in [-0.25, -0.2) is 0 Å². The lowest BCUT2D eigenvalue weighted by molar-refractivity contribution is -0.110. The van der Waals surface area contributed by atoms with Crippen LogP contribution in [0, 0.1) is 0 Å². The number of anilines is 1. The van der Waals surface area contributed by atoms with Crippen LogP contribution in [0.4, 0.5) is 5.69 Å². The Balaban J connectivity index is 1.78. The molecule has 4 rings (SSSR count). The number of nitrogens with zero attached hydrogens (tertiary/aromatic N) is 3. The fourth-order valence-corrected chi connectivity index (χ4v) is 3.96. The van der Waals surface area contributed by atoms with Gasteiger partial charge in [0.15, 0.2) is 5.71 Å². The highest BCUT2D eigenvalue weighted by molar-refractivity contribution is 7.07. The number of hydrogen-bond acceptors (Lipinski definition) is 4. The minimum atomic E-state index is -0.208. The summed E-state index contributed by atoms with van der Waals surface area (Å²) < 4.78 is 2.19. The first kappa shape index (κ1) is 17.4. The lowest BCUT2D eigenvalue weighted by Gasteiger charge is -2.07. The SMILES string of the molecule is CCCCn1c(-c2ccccc2)cs/c1=N\N=C1\C(=O)Nc2ccccc21. The lowest BCUT2D eigenvalue weighted by Crippen LogP contribution is -2.17. The Hall–Kier alpha value is -2.99. The van der Waals surface area contributed by atoms with E-state index >= 15 is 0 Å². The normalized spacial score (nSPS) is 15.2. The molecule has 2 heterocycles. The van der Waals surface area contributed by atoms with Crippen LogP contribution >= 0.6 is 11.3 Å². The summed E-state index contributed by atoms with van der Waals surface area (Å²) in [5.41, 5.74) is 4.23. The zero-order valence-electron chi connectivity index (χ0n) is 15.1. The Morgan fingerprint density at radius 1 is 1.04 bits per heavy atom. The second-order valence-corrected chi connectivity index (χ2v) is 7.16. The molecule has 1 aliphatic heterocycles. The highest BCUT2D eigenvalue weighted by atomic mass is 32.1. The third-order valence-corrected chi connectivity index (χ3v) is 5.34. The number of aromatic nitrogens is 1. The van der Waals surface area contributed by atoms with E-state index in [0.29, 0.717) is 5.71 Å². The smallest absolute Gasteiger partial charge is 0.276 e. The molecule has 6 heteroatoms. The van der Waals surface area contributed by atoms with Crippen LogP contribution in [0.5, 0.6) is 0 Å². The van der Waals surface area contributed by atoms with Crippen molar-refractivity contribution in [2.75, 3.05) is 5.32 Å². The van der Waals surface area contributed by atoms with E-state index in [1.165, 1.54) is 0 Å². The lowest BCUT2D eigenvalue weighted by atomic mass is 10.1. The number of para-hydroxylation sites is 1. The average Bonchev–Trinajstić information content (AvgIpc) is 3.25. The first-order valence-corrected chi connectivity index (χ1v) is 9.92. The molecule has 0 spiro atoms. The third kappa shape index (κ3) is 3.48. The van der Waals surface area contributed by atoms with Gasteiger partial charge in [0.2, 0.25) is 4.80 Å². The van der Waals surface area contributed by atoms with Gasteiger partial charge in [-0.05, 0) is 18.1 Å². The maximum atomic E-state index is 12.2. The number of fused-ring (bicyclic) bond motifs is 1. The summed E-state index contributed by atoms with van der Waals surface area (Å²) in [5.74, 6) is -0.208. The van der Waals surface area contributed by atoms with Gasteiger partial charge in [0.25, 0.3) is 5.91 Å². The van der Waals surface area contributed by atoms with Crippen LogP contribution in [0.2, 0.25) is 0 Å². The van der Waals surface area contributed by atoms with Gasteiger partial charge in [0, 0.05) is 17.5 Å². The Kier molecular flexibility index (Phi) is 4.98. The number of carbonyl (C=O) groups excluding carboxylic acids is 1. The van der Waals surface area contributed by atoms with Gasteiger partial charge < -0.3 is 9.88 Å². The van der Waals surface area contributed by atoms with Crippen molar-refractivity contribution in [2.24, 2.45) is 10.2 Å². The predicted molar refractivity (Wildman–Crippen MR) is 110 cm³/mol. The molecule has 3 aromatic rings. The van der Waals surface area contributed by atoms with Crippen molar-refractivity contribution in [2.45, 2.75) is 26.3 Å². The van der Waals surface area contributed by atoms with E-state index in [0.717, 1.165) is 46.7 Å². The van der Waals surface area contributed by atoms with Gasteiger partial charge in [-0.15, -0.1) is 21.5 Å². The molecule has 27 heavy (non-hydrogen) atoms. The van der Waals surface area contributed by atoms with Crippen molar-refractivity contribution in [1.82, 2.24) is 4.57 Å². The zero-order chi connectivity index (χ0) is 18.6. The molecule has 1 N–H and O–H groups in total. The van der Waals surface area contributed by atoms with Crippen molar-refractivity contribution in [3.05, 3.63) is 70.3 Å². The number of unbranched alkanes of at least 4 members (excludes halogenated alkanes) is 1. The van der Waals surface area contributed by atoms with E-state index in [4.69, 9.17) is 0 Å². The van der Waals surface area contributed by atoms with Crippen molar-refractivity contribution in [3.8, 4) is 11.3 Å². The van der Waals surface area contributed by atoms with Crippen LogP contribution in [0.15, 0.2) is 70.2 Å². The molecule has 0 unspecified atom stereocenters. The summed E-state index contributed by atoms with van der Waals surface area (Å²) in [7, 11) is 0. The van der Waals surface area contributed by atoms with Gasteiger partial charge in [0.05, 0.1) is 11.4 Å². The molecule has 1 aromatic heterocycles. The first-order valence-electron chi connectivity index (χ1n) is 9.04. The molecule has 0 saturated carbocycles. The largest absolute Gasteiger partial charge is 0.320 e. The highest BCUT2D eigenvalue weighted by Crippen LogP contribution is 2.23. The second-order valence-electron chi connectivity index (χ2n) is 6.32. The minimum Gasteiger partial charge on any atom is -0.320 e. The van der Waals surface area contributed by atoms with Crippen molar-refractivity contribution >= 4 is 28.6 Å². The molecule has 0 radical (unpaired) electrons. The highest BCUT2D eigenvalue weighted by Gasteiger charge is 2.25. The Bertz CT molecular complexity index is 1060. The summed E-state index contributed by atoms with van der Waals surface area (Å²) in [6.45, 7) is 3.04. The van der Waals surface area contributed by atoms with E-state index in [1.54, 1.807) is 11.3 Å². The van der Waals surface area contributed by atoms with Crippen LogP contribution in [0.3, 0.4) is 0 Å². The summed E-state index contributed by atoms with van der Waals surface area (Å²) in [4.78, 5) is 13.0. The van der Waals surface area contributed by atoms with E-state index in [2.05, 4.69) is 44.5 Å². The number of nitrogens with one attached hydrogen (secondary N) is 1. The number of hydrogen-bond donors (Lipinski definition) is 1. The van der Waals surface area contributed by atoms with E-state index in [-0.39, 0.29) is 5.91 Å². The second kappa shape index (κ2) is 7.72. The van der Waals surface area contributed by atoms with Crippen molar-refractivity contribution in [1.29, 1.82) is 0 Å². The fourth-order valence-electron chi connectivity index (χ4n) is 3.08. The van der Waals surface area contributed by atoms with Gasteiger partial charge in [0.1, 0.15) is 0 Å². The van der Waals surface area contributed by atoms with Crippen LogP contribution in [-0.2, 0) is 11.3 Å². The molecule has 0 fully saturated rings. The Morgan fingerprint density at radius 3 is 2.63 bits per heavy atom. The van der Waals surface area contributed by atoms with Crippen LogP contribution in [-0.4, -0.2) is 16.2 Å². The van der Waals surface area contributed by atoms with Crippen LogP contribution < -0.4 is 10.1 Å². The van der Waals surface area contributed by atoms with Gasteiger partial charge in [-0.3, -0.25) is 4.79 Å². The number of carbonyl (C=O) groups is 1. The molecule has 0 saturated heterocycles. The molecule has 2 aromatic carbocycles. The summed E-state index contributed by atoms with van der Waals surface area (Å²) in [6, 6.07) is 17.8. The first-order chi connectivity index (χ1) is 13.3. The molecule has 1 amide bonds. The summed E-state index contributed by atoms with van der Waals surface area (Å²) in [6.07, 6.45) is 2.16. The minimum absolute atomic E-state index is 0.208. The fraction of sp³-hybridized carbons (Fsp3) is 0.190. The van der Waals surface area contributed by atoms with Crippen molar-refractivity contribution < 1.29 is 4.79 Å². The number of amides is 1. The standard InChI is InChI=1S/C21H20N4OS/c1-2-3-13-25-18(15-9-5-4-6-10-15)14-27-21(25)24-23-19-16-11-7-8-12-17(16)22-20(19)26/h4-12,14H,2-3,13H2,1H3,(H,22,23,26)/b24-21-. The van der Waals surface area contributed by atoms with Gasteiger partial charge in [-0.1, -0.05) is 61.9 Å². The molecule has 5 nitrogen and oxygen atoms in total. The molecular formula is C21H20N4OS. The van der Waals surface area contributed by atoms with Gasteiger partial charge in [-0.2, -0.15) is 0 Å². The monoisotopic (exact) mass is 376 g/mol. The number of thiazole rings is 1.